The number of unbranched alkanes of at least 4 members (excludes halogenated alkanes) is 10. The van der Waals surface area contributed by atoms with Gasteiger partial charge in [0.15, 0.2) is 0 Å². The standard InChI is InChI=1S/C19H37NO/c1-3-5-7-9-11-13-15-18(17-19(20)21)16-14-12-10-8-6-4-2/h17H,3-16H2,1-2H3,(H2,20,21). The van der Waals surface area contributed by atoms with Crippen molar-refractivity contribution >= 4 is 5.91 Å². The topological polar surface area (TPSA) is 43.1 Å². The number of rotatable bonds is 15. The monoisotopic (exact) mass is 295 g/mol. The molecular formula is C19H37NO. The number of hydrogen-bond acceptors (Lipinski definition) is 1. The Hall–Kier alpha value is -0.790. The lowest BCUT2D eigenvalue weighted by Gasteiger charge is -2.07. The van der Waals surface area contributed by atoms with Crippen LogP contribution in [0.15, 0.2) is 11.6 Å². The van der Waals surface area contributed by atoms with Crippen LogP contribution in [0.25, 0.3) is 0 Å². The molecule has 0 aliphatic carbocycles. The number of primary amides is 1. The molecule has 0 aromatic heterocycles. The van der Waals surface area contributed by atoms with Crippen LogP contribution in [-0.2, 0) is 4.79 Å². The molecule has 0 radical (unpaired) electrons. The Bertz CT molecular complexity index is 253. The lowest BCUT2D eigenvalue weighted by molar-refractivity contribution is -0.113. The molecule has 0 unspecified atom stereocenters. The smallest absolute Gasteiger partial charge is 0.241 e. The van der Waals surface area contributed by atoms with Gasteiger partial charge in [0.1, 0.15) is 0 Å². The third-order valence-electron chi connectivity index (χ3n) is 4.05. The van der Waals surface area contributed by atoms with Gasteiger partial charge in [-0.3, -0.25) is 4.79 Å². The highest BCUT2D eigenvalue weighted by molar-refractivity contribution is 5.86. The van der Waals surface area contributed by atoms with E-state index in [-0.39, 0.29) is 5.91 Å². The predicted molar refractivity (Wildman–Crippen MR) is 93.3 cm³/mol. The van der Waals surface area contributed by atoms with Gasteiger partial charge >= 0.3 is 0 Å². The van der Waals surface area contributed by atoms with Crippen LogP contribution >= 0.6 is 0 Å². The first kappa shape index (κ1) is 20.2. The van der Waals surface area contributed by atoms with E-state index in [1.165, 1.54) is 82.6 Å². The summed E-state index contributed by atoms with van der Waals surface area (Å²) < 4.78 is 0. The summed E-state index contributed by atoms with van der Waals surface area (Å²) in [4.78, 5) is 11.1. The molecule has 0 aromatic carbocycles. The highest BCUT2D eigenvalue weighted by Gasteiger charge is 2.01. The zero-order chi connectivity index (χ0) is 15.8. The molecule has 0 saturated heterocycles. The molecule has 2 nitrogen and oxygen atoms in total. The van der Waals surface area contributed by atoms with Gasteiger partial charge in [-0.25, -0.2) is 0 Å². The number of carbonyl (C=O) groups is 1. The van der Waals surface area contributed by atoms with Crippen molar-refractivity contribution in [3.63, 3.8) is 0 Å². The summed E-state index contributed by atoms with van der Waals surface area (Å²) in [6.45, 7) is 4.49. The quantitative estimate of drug-likeness (QED) is 0.296. The molecule has 2 N–H and O–H groups in total. The molecule has 0 rings (SSSR count). The second-order valence-corrected chi connectivity index (χ2v) is 6.24. The maximum atomic E-state index is 11.1. The van der Waals surface area contributed by atoms with Crippen molar-refractivity contribution in [2.75, 3.05) is 0 Å². The average molecular weight is 296 g/mol. The number of hydrogen-bond donors (Lipinski definition) is 1. The lowest BCUT2D eigenvalue weighted by Crippen LogP contribution is -2.07. The summed E-state index contributed by atoms with van der Waals surface area (Å²) in [6.07, 6.45) is 19.4. The number of amides is 1. The summed E-state index contributed by atoms with van der Waals surface area (Å²) in [7, 11) is 0. The molecule has 21 heavy (non-hydrogen) atoms. The third-order valence-corrected chi connectivity index (χ3v) is 4.05. The molecule has 0 atom stereocenters. The fourth-order valence-electron chi connectivity index (χ4n) is 2.74. The van der Waals surface area contributed by atoms with E-state index >= 15 is 0 Å². The minimum Gasteiger partial charge on any atom is -0.366 e. The van der Waals surface area contributed by atoms with Gasteiger partial charge in [-0.05, 0) is 25.7 Å². The molecule has 124 valence electrons. The number of carbonyl (C=O) groups excluding carboxylic acids is 1. The number of allylic oxidation sites excluding steroid dienone is 1. The fourth-order valence-corrected chi connectivity index (χ4v) is 2.74. The summed E-state index contributed by atoms with van der Waals surface area (Å²) in [5.74, 6) is -0.276. The highest BCUT2D eigenvalue weighted by Crippen LogP contribution is 2.18. The van der Waals surface area contributed by atoms with Crippen molar-refractivity contribution in [2.45, 2.75) is 104 Å². The molecule has 0 aliphatic heterocycles. The maximum Gasteiger partial charge on any atom is 0.241 e. The Labute approximate surface area is 132 Å². The molecule has 1 amide bonds. The normalized spacial score (nSPS) is 10.6. The lowest BCUT2D eigenvalue weighted by atomic mass is 9.99. The molecule has 0 aromatic rings. The van der Waals surface area contributed by atoms with E-state index in [1.807, 2.05) is 0 Å². The first-order valence-electron chi connectivity index (χ1n) is 9.19. The molecular weight excluding hydrogens is 258 g/mol. The Morgan fingerprint density at radius 2 is 1.10 bits per heavy atom. The van der Waals surface area contributed by atoms with Crippen molar-refractivity contribution in [3.8, 4) is 0 Å². The van der Waals surface area contributed by atoms with Gasteiger partial charge in [-0.1, -0.05) is 83.6 Å². The molecule has 0 heterocycles. The highest BCUT2D eigenvalue weighted by atomic mass is 16.1. The molecule has 0 aliphatic rings. The molecule has 0 bridgehead atoms. The van der Waals surface area contributed by atoms with Crippen LogP contribution in [0.3, 0.4) is 0 Å². The van der Waals surface area contributed by atoms with Gasteiger partial charge in [-0.15, -0.1) is 0 Å². The van der Waals surface area contributed by atoms with Gasteiger partial charge in [-0.2, -0.15) is 0 Å². The number of nitrogens with two attached hydrogens (primary N) is 1. The molecule has 0 spiro atoms. The van der Waals surface area contributed by atoms with Gasteiger partial charge in [0.2, 0.25) is 5.91 Å². The third kappa shape index (κ3) is 15.4. The summed E-state index contributed by atoms with van der Waals surface area (Å²) in [5.41, 5.74) is 6.59. The summed E-state index contributed by atoms with van der Waals surface area (Å²) >= 11 is 0. The fraction of sp³-hybridized carbons (Fsp3) is 0.842. The van der Waals surface area contributed by atoms with E-state index in [0.29, 0.717) is 0 Å². The second-order valence-electron chi connectivity index (χ2n) is 6.24. The minimum atomic E-state index is -0.276. The van der Waals surface area contributed by atoms with Gasteiger partial charge in [0, 0.05) is 6.08 Å². The van der Waals surface area contributed by atoms with Crippen LogP contribution in [0.4, 0.5) is 0 Å². The van der Waals surface area contributed by atoms with Crippen molar-refractivity contribution in [3.05, 3.63) is 11.6 Å². The SMILES string of the molecule is CCCCCCCCC(=CC(N)=O)CCCCCCCC. The molecule has 0 saturated carbocycles. The second kappa shape index (κ2) is 15.6. The Balaban J connectivity index is 3.76. The summed E-state index contributed by atoms with van der Waals surface area (Å²) in [6, 6.07) is 0. The Morgan fingerprint density at radius 3 is 1.48 bits per heavy atom. The minimum absolute atomic E-state index is 0.276. The van der Waals surface area contributed by atoms with Crippen molar-refractivity contribution in [1.82, 2.24) is 0 Å². The van der Waals surface area contributed by atoms with E-state index < -0.39 is 0 Å². The van der Waals surface area contributed by atoms with E-state index in [4.69, 9.17) is 5.73 Å². The van der Waals surface area contributed by atoms with Crippen LogP contribution in [-0.4, -0.2) is 5.91 Å². The Morgan fingerprint density at radius 1 is 0.714 bits per heavy atom. The van der Waals surface area contributed by atoms with E-state index in [0.717, 1.165) is 12.8 Å². The Kier molecular flexibility index (Phi) is 15.0. The largest absolute Gasteiger partial charge is 0.366 e. The van der Waals surface area contributed by atoms with E-state index in [9.17, 15) is 4.79 Å². The van der Waals surface area contributed by atoms with E-state index in [1.54, 1.807) is 6.08 Å². The van der Waals surface area contributed by atoms with E-state index in [2.05, 4.69) is 13.8 Å². The van der Waals surface area contributed by atoms with Crippen LogP contribution in [0.1, 0.15) is 104 Å². The maximum absolute atomic E-state index is 11.1. The van der Waals surface area contributed by atoms with Crippen molar-refractivity contribution in [1.29, 1.82) is 0 Å². The average Bonchev–Trinajstić information content (AvgIpc) is 2.45. The first-order chi connectivity index (χ1) is 10.2. The van der Waals surface area contributed by atoms with Crippen LogP contribution in [0.5, 0.6) is 0 Å². The molecule has 2 heteroatoms. The van der Waals surface area contributed by atoms with Gasteiger partial charge in [0.25, 0.3) is 0 Å². The van der Waals surface area contributed by atoms with Crippen LogP contribution in [0, 0.1) is 0 Å². The van der Waals surface area contributed by atoms with Gasteiger partial charge < -0.3 is 5.73 Å². The van der Waals surface area contributed by atoms with Crippen molar-refractivity contribution in [2.24, 2.45) is 5.73 Å². The summed E-state index contributed by atoms with van der Waals surface area (Å²) in [5, 5.41) is 0. The predicted octanol–water partition coefficient (Wildman–Crippen LogP) is 5.90. The first-order valence-corrected chi connectivity index (χ1v) is 9.19. The molecule has 0 fully saturated rings. The van der Waals surface area contributed by atoms with Crippen LogP contribution < -0.4 is 5.73 Å². The van der Waals surface area contributed by atoms with Crippen LogP contribution in [0.2, 0.25) is 0 Å². The zero-order valence-electron chi connectivity index (χ0n) is 14.5. The van der Waals surface area contributed by atoms with Crippen molar-refractivity contribution < 1.29 is 4.79 Å². The zero-order valence-corrected chi connectivity index (χ0v) is 14.5. The van der Waals surface area contributed by atoms with Gasteiger partial charge in [0.05, 0.1) is 0 Å².